The van der Waals surface area contributed by atoms with E-state index in [0.717, 1.165) is 11.4 Å². The maximum atomic E-state index is 12.1. The molecule has 4 nitrogen and oxygen atoms in total. The lowest BCUT2D eigenvalue weighted by atomic mass is 10.0. The molecule has 1 N–H and O–H groups in total. The number of nitrogens with one attached hydrogen (secondary N) is 1. The lowest BCUT2D eigenvalue weighted by Crippen LogP contribution is -2.31. The summed E-state index contributed by atoms with van der Waals surface area (Å²) in [6.45, 7) is 5.05. The Hall–Kier alpha value is -2.23. The van der Waals surface area contributed by atoms with E-state index < -0.39 is 0 Å². The van der Waals surface area contributed by atoms with Crippen molar-refractivity contribution in [2.75, 3.05) is 18.9 Å². The SMILES string of the molecule is CC(C)c1ccccc1NCC(=O)N(C)Cc1ccco1. The number of rotatable bonds is 6. The zero-order chi connectivity index (χ0) is 15.2. The lowest BCUT2D eigenvalue weighted by Gasteiger charge is -2.18. The minimum absolute atomic E-state index is 0.0324. The van der Waals surface area contributed by atoms with Gasteiger partial charge < -0.3 is 14.6 Å². The molecule has 2 rings (SSSR count). The van der Waals surface area contributed by atoms with Gasteiger partial charge in [-0.2, -0.15) is 0 Å². The second-order valence-electron chi connectivity index (χ2n) is 5.42. The molecule has 1 heterocycles. The van der Waals surface area contributed by atoms with Gasteiger partial charge in [0.2, 0.25) is 5.91 Å². The first-order chi connectivity index (χ1) is 10.1. The molecule has 0 fully saturated rings. The number of amides is 1. The van der Waals surface area contributed by atoms with E-state index in [2.05, 4.69) is 25.2 Å². The Labute approximate surface area is 125 Å². The van der Waals surface area contributed by atoms with Gasteiger partial charge in [-0.15, -0.1) is 0 Å². The molecule has 2 aromatic rings. The zero-order valence-electron chi connectivity index (χ0n) is 12.8. The number of hydrogen-bond donors (Lipinski definition) is 1. The van der Waals surface area contributed by atoms with Gasteiger partial charge in [0.05, 0.1) is 19.4 Å². The van der Waals surface area contributed by atoms with Crippen molar-refractivity contribution < 1.29 is 9.21 Å². The van der Waals surface area contributed by atoms with E-state index in [1.54, 1.807) is 18.2 Å². The van der Waals surface area contributed by atoms with Crippen molar-refractivity contribution in [3.8, 4) is 0 Å². The number of benzene rings is 1. The van der Waals surface area contributed by atoms with Gasteiger partial charge in [0.25, 0.3) is 0 Å². The highest BCUT2D eigenvalue weighted by Crippen LogP contribution is 2.23. The highest BCUT2D eigenvalue weighted by Gasteiger charge is 2.12. The summed E-state index contributed by atoms with van der Waals surface area (Å²) in [5, 5.41) is 3.23. The van der Waals surface area contributed by atoms with Crippen LogP contribution in [0.15, 0.2) is 47.1 Å². The van der Waals surface area contributed by atoms with Gasteiger partial charge in [0.15, 0.2) is 0 Å². The lowest BCUT2D eigenvalue weighted by molar-refractivity contribution is -0.128. The summed E-state index contributed by atoms with van der Waals surface area (Å²) in [6.07, 6.45) is 1.62. The Morgan fingerprint density at radius 1 is 1.24 bits per heavy atom. The van der Waals surface area contributed by atoms with Crippen LogP contribution in [0.3, 0.4) is 0 Å². The Balaban J connectivity index is 1.92. The first kappa shape index (κ1) is 15.2. The normalized spacial score (nSPS) is 10.7. The average Bonchev–Trinajstić information content (AvgIpc) is 2.97. The van der Waals surface area contributed by atoms with Crippen LogP contribution in [-0.4, -0.2) is 24.4 Å². The fourth-order valence-electron chi connectivity index (χ4n) is 2.19. The van der Waals surface area contributed by atoms with Crippen molar-refractivity contribution in [2.24, 2.45) is 0 Å². The highest BCUT2D eigenvalue weighted by atomic mass is 16.3. The second kappa shape index (κ2) is 6.97. The smallest absolute Gasteiger partial charge is 0.242 e. The minimum atomic E-state index is 0.0324. The Bertz CT molecular complexity index is 576. The Kier molecular flexibility index (Phi) is 5.04. The van der Waals surface area contributed by atoms with Crippen LogP contribution in [-0.2, 0) is 11.3 Å². The van der Waals surface area contributed by atoms with Gasteiger partial charge in [-0.1, -0.05) is 32.0 Å². The molecule has 21 heavy (non-hydrogen) atoms. The summed E-state index contributed by atoms with van der Waals surface area (Å²) in [5.74, 6) is 1.24. The third-order valence-corrected chi connectivity index (χ3v) is 3.41. The maximum absolute atomic E-state index is 12.1. The quantitative estimate of drug-likeness (QED) is 0.884. The summed E-state index contributed by atoms with van der Waals surface area (Å²) in [7, 11) is 1.78. The summed E-state index contributed by atoms with van der Waals surface area (Å²) in [6, 6.07) is 11.8. The van der Waals surface area contributed by atoms with E-state index in [9.17, 15) is 4.79 Å². The second-order valence-corrected chi connectivity index (χ2v) is 5.42. The molecule has 0 saturated carbocycles. The number of furan rings is 1. The summed E-state index contributed by atoms with van der Waals surface area (Å²) >= 11 is 0. The van der Waals surface area contributed by atoms with Crippen LogP contribution in [0.25, 0.3) is 0 Å². The first-order valence-electron chi connectivity index (χ1n) is 7.17. The van der Waals surface area contributed by atoms with Crippen LogP contribution in [0.4, 0.5) is 5.69 Å². The number of nitrogens with zero attached hydrogens (tertiary/aromatic N) is 1. The van der Waals surface area contributed by atoms with Crippen molar-refractivity contribution in [1.29, 1.82) is 0 Å². The summed E-state index contributed by atoms with van der Waals surface area (Å²) < 4.78 is 5.25. The number of carbonyl (C=O) groups excluding carboxylic acids is 1. The monoisotopic (exact) mass is 286 g/mol. The van der Waals surface area contributed by atoms with Crippen molar-refractivity contribution in [1.82, 2.24) is 4.90 Å². The van der Waals surface area contributed by atoms with E-state index in [4.69, 9.17) is 4.42 Å². The van der Waals surface area contributed by atoms with E-state index in [0.29, 0.717) is 12.5 Å². The van der Waals surface area contributed by atoms with Gasteiger partial charge in [-0.05, 0) is 29.7 Å². The molecule has 0 unspecified atom stereocenters. The van der Waals surface area contributed by atoms with E-state index in [1.807, 2.05) is 30.3 Å². The molecule has 1 aromatic heterocycles. The molecule has 112 valence electrons. The summed E-state index contributed by atoms with van der Waals surface area (Å²) in [4.78, 5) is 13.8. The molecule has 0 radical (unpaired) electrons. The van der Waals surface area contributed by atoms with Crippen LogP contribution >= 0.6 is 0 Å². The van der Waals surface area contributed by atoms with Crippen LogP contribution in [0.1, 0.15) is 31.1 Å². The molecule has 0 bridgehead atoms. The average molecular weight is 286 g/mol. The van der Waals surface area contributed by atoms with E-state index in [-0.39, 0.29) is 12.5 Å². The molecule has 0 saturated heterocycles. The molecule has 1 amide bonds. The van der Waals surface area contributed by atoms with Crippen LogP contribution in [0.2, 0.25) is 0 Å². The van der Waals surface area contributed by atoms with Crippen LogP contribution in [0, 0.1) is 0 Å². The van der Waals surface area contributed by atoms with Gasteiger partial charge in [-0.3, -0.25) is 4.79 Å². The van der Waals surface area contributed by atoms with Crippen LogP contribution in [0.5, 0.6) is 0 Å². The van der Waals surface area contributed by atoms with Crippen molar-refractivity contribution in [2.45, 2.75) is 26.3 Å². The van der Waals surface area contributed by atoms with E-state index >= 15 is 0 Å². The molecule has 1 aromatic carbocycles. The number of carbonyl (C=O) groups is 1. The molecular weight excluding hydrogens is 264 g/mol. The van der Waals surface area contributed by atoms with E-state index in [1.165, 1.54) is 5.56 Å². The number of likely N-dealkylation sites (N-methyl/N-ethyl adjacent to an activating group) is 1. The Morgan fingerprint density at radius 2 is 2.00 bits per heavy atom. The predicted octanol–water partition coefficient (Wildman–Crippen LogP) is 3.47. The highest BCUT2D eigenvalue weighted by molar-refractivity contribution is 5.80. The molecule has 0 aliphatic carbocycles. The van der Waals surface area contributed by atoms with Gasteiger partial charge in [0, 0.05) is 12.7 Å². The number of anilines is 1. The molecular formula is C17H22N2O2. The van der Waals surface area contributed by atoms with Gasteiger partial charge >= 0.3 is 0 Å². The first-order valence-corrected chi connectivity index (χ1v) is 7.17. The zero-order valence-corrected chi connectivity index (χ0v) is 12.8. The fourth-order valence-corrected chi connectivity index (χ4v) is 2.19. The molecule has 0 spiro atoms. The molecule has 0 aliphatic heterocycles. The third kappa shape index (κ3) is 4.12. The van der Waals surface area contributed by atoms with Crippen molar-refractivity contribution >= 4 is 11.6 Å². The maximum Gasteiger partial charge on any atom is 0.242 e. The van der Waals surface area contributed by atoms with Crippen molar-refractivity contribution in [3.05, 3.63) is 54.0 Å². The van der Waals surface area contributed by atoms with Gasteiger partial charge in [-0.25, -0.2) is 0 Å². The number of para-hydroxylation sites is 1. The third-order valence-electron chi connectivity index (χ3n) is 3.41. The molecule has 0 atom stereocenters. The standard InChI is InChI=1S/C17H22N2O2/c1-13(2)15-8-4-5-9-16(15)18-11-17(20)19(3)12-14-7-6-10-21-14/h4-10,13,18H,11-12H2,1-3H3. The Morgan fingerprint density at radius 3 is 2.67 bits per heavy atom. The van der Waals surface area contributed by atoms with Crippen LogP contribution < -0.4 is 5.32 Å². The van der Waals surface area contributed by atoms with Crippen molar-refractivity contribution in [3.63, 3.8) is 0 Å². The minimum Gasteiger partial charge on any atom is -0.467 e. The topological polar surface area (TPSA) is 45.5 Å². The number of hydrogen-bond acceptors (Lipinski definition) is 3. The van der Waals surface area contributed by atoms with Gasteiger partial charge in [0.1, 0.15) is 5.76 Å². The molecule has 0 aliphatic rings. The summed E-state index contributed by atoms with van der Waals surface area (Å²) in [5.41, 5.74) is 2.24. The largest absolute Gasteiger partial charge is 0.467 e. The predicted molar refractivity (Wildman–Crippen MR) is 84.2 cm³/mol. The fraction of sp³-hybridized carbons (Fsp3) is 0.353. The molecule has 4 heteroatoms.